The summed E-state index contributed by atoms with van der Waals surface area (Å²) in [4.78, 5) is 43.0. The molecule has 0 spiro atoms. The van der Waals surface area contributed by atoms with Gasteiger partial charge in [0.25, 0.3) is 5.91 Å². The van der Waals surface area contributed by atoms with Crippen molar-refractivity contribution in [2.24, 2.45) is 0 Å². The summed E-state index contributed by atoms with van der Waals surface area (Å²) in [6.07, 6.45) is 1.31. The van der Waals surface area contributed by atoms with Crippen molar-refractivity contribution in [3.63, 3.8) is 0 Å². The number of likely N-dealkylation sites (tertiary alicyclic amines) is 1. The van der Waals surface area contributed by atoms with Crippen LogP contribution in [0.1, 0.15) is 34.5 Å². The van der Waals surface area contributed by atoms with Crippen molar-refractivity contribution in [3.05, 3.63) is 58.0 Å². The van der Waals surface area contributed by atoms with E-state index in [4.69, 9.17) is 4.42 Å². The molecule has 30 heavy (non-hydrogen) atoms. The van der Waals surface area contributed by atoms with Crippen LogP contribution < -0.4 is 0 Å². The van der Waals surface area contributed by atoms with Crippen LogP contribution in [0.5, 0.6) is 0 Å². The first-order chi connectivity index (χ1) is 14.4. The number of carbonyl (C=O) groups excluding carboxylic acids is 3. The van der Waals surface area contributed by atoms with Crippen LogP contribution in [0.3, 0.4) is 0 Å². The van der Waals surface area contributed by atoms with Crippen LogP contribution in [0.15, 0.2) is 45.5 Å². The molecule has 158 valence electrons. The molecule has 2 aliphatic rings. The summed E-state index contributed by atoms with van der Waals surface area (Å²) in [6.45, 7) is 4.59. The molecular weight excluding hydrogens is 450 g/mol. The van der Waals surface area contributed by atoms with Crippen LogP contribution in [0.2, 0.25) is 0 Å². The van der Waals surface area contributed by atoms with Crippen molar-refractivity contribution in [2.75, 3.05) is 26.2 Å². The summed E-state index contributed by atoms with van der Waals surface area (Å²) < 4.78 is 5.87. The average molecular weight is 474 g/mol. The lowest BCUT2D eigenvalue weighted by molar-refractivity contribution is -0.158. The zero-order valence-corrected chi connectivity index (χ0v) is 18.4. The summed E-state index contributed by atoms with van der Waals surface area (Å²) in [6, 6.07) is 11.3. The Hall–Kier alpha value is -2.61. The third kappa shape index (κ3) is 4.28. The minimum atomic E-state index is -0.444. The van der Waals surface area contributed by atoms with Gasteiger partial charge in [0, 0.05) is 38.8 Å². The van der Waals surface area contributed by atoms with Crippen LogP contribution in [0, 0.1) is 6.92 Å². The lowest BCUT2D eigenvalue weighted by atomic mass is 10.0. The van der Waals surface area contributed by atoms with E-state index < -0.39 is 11.8 Å². The number of carbonyl (C=O) groups is 3. The highest BCUT2D eigenvalue weighted by Crippen LogP contribution is 2.23. The Morgan fingerprint density at radius 2 is 1.70 bits per heavy atom. The number of rotatable bonds is 4. The first-order valence-corrected chi connectivity index (χ1v) is 10.9. The lowest BCUT2D eigenvalue weighted by Gasteiger charge is -2.42. The van der Waals surface area contributed by atoms with Gasteiger partial charge in [-0.3, -0.25) is 14.4 Å². The predicted octanol–water partition coefficient (Wildman–Crippen LogP) is 2.83. The summed E-state index contributed by atoms with van der Waals surface area (Å²) in [5.74, 6) is -0.727. The van der Waals surface area contributed by atoms with Crippen molar-refractivity contribution in [1.29, 1.82) is 0 Å². The highest BCUT2D eigenvalue weighted by Gasteiger charge is 2.38. The van der Waals surface area contributed by atoms with E-state index in [9.17, 15) is 14.4 Å². The van der Waals surface area contributed by atoms with E-state index in [-0.39, 0.29) is 11.9 Å². The van der Waals surface area contributed by atoms with Gasteiger partial charge in [-0.15, -0.1) is 0 Å². The highest BCUT2D eigenvalue weighted by atomic mass is 79.9. The van der Waals surface area contributed by atoms with Crippen molar-refractivity contribution in [3.8, 4) is 0 Å². The van der Waals surface area contributed by atoms with Crippen LogP contribution in [-0.4, -0.2) is 64.6 Å². The molecule has 2 fully saturated rings. The molecular formula is C22H24BrN3O4. The Morgan fingerprint density at radius 3 is 2.33 bits per heavy atom. The Morgan fingerprint density at radius 1 is 1.00 bits per heavy atom. The molecule has 8 heteroatoms. The van der Waals surface area contributed by atoms with E-state index in [1.807, 2.05) is 31.2 Å². The molecule has 7 nitrogen and oxygen atoms in total. The standard InChI is InChI=1S/C22H24BrN3O4/c1-15-2-4-16(5-3-15)14-25-12-13-26(22(29)21(25)28)17-8-10-24(11-9-17)20(27)18-6-7-19(23)30-18/h2-7,17H,8-14H2,1H3. The smallest absolute Gasteiger partial charge is 0.312 e. The maximum Gasteiger partial charge on any atom is 0.312 e. The molecule has 2 aromatic rings. The minimum absolute atomic E-state index is 0.0182. The highest BCUT2D eigenvalue weighted by molar-refractivity contribution is 9.10. The molecule has 0 radical (unpaired) electrons. The minimum Gasteiger partial charge on any atom is -0.444 e. The number of halogens is 1. The summed E-state index contributed by atoms with van der Waals surface area (Å²) in [5.41, 5.74) is 2.18. The average Bonchev–Trinajstić information content (AvgIpc) is 3.19. The molecule has 2 aliphatic heterocycles. The number of aryl methyl sites for hydroxylation is 1. The SMILES string of the molecule is Cc1ccc(CN2CCN(C3CCN(C(=O)c4ccc(Br)o4)CC3)C(=O)C2=O)cc1. The summed E-state index contributed by atoms with van der Waals surface area (Å²) >= 11 is 3.21. The lowest BCUT2D eigenvalue weighted by Crippen LogP contribution is -2.59. The molecule has 3 heterocycles. The number of nitrogens with zero attached hydrogens (tertiary/aromatic N) is 3. The first kappa shape index (κ1) is 20.7. The zero-order chi connectivity index (χ0) is 21.3. The van der Waals surface area contributed by atoms with E-state index >= 15 is 0 Å². The van der Waals surface area contributed by atoms with Gasteiger partial charge < -0.3 is 19.1 Å². The molecule has 4 rings (SSSR count). The number of furan rings is 1. The normalized spacial score (nSPS) is 18.3. The third-order valence-electron chi connectivity index (χ3n) is 5.81. The second-order valence-corrected chi connectivity index (χ2v) is 8.62. The van der Waals surface area contributed by atoms with Crippen molar-refractivity contribution >= 4 is 33.7 Å². The quantitative estimate of drug-likeness (QED) is 0.639. The van der Waals surface area contributed by atoms with Gasteiger partial charge in [-0.25, -0.2) is 0 Å². The topological polar surface area (TPSA) is 74.1 Å². The van der Waals surface area contributed by atoms with E-state index in [2.05, 4.69) is 15.9 Å². The molecule has 0 unspecified atom stereocenters. The fourth-order valence-electron chi connectivity index (χ4n) is 4.07. The van der Waals surface area contributed by atoms with Crippen LogP contribution in [-0.2, 0) is 16.1 Å². The van der Waals surface area contributed by atoms with Crippen molar-refractivity contribution < 1.29 is 18.8 Å². The summed E-state index contributed by atoms with van der Waals surface area (Å²) in [7, 11) is 0. The van der Waals surface area contributed by atoms with Gasteiger partial charge in [0.05, 0.1) is 0 Å². The van der Waals surface area contributed by atoms with E-state index in [1.165, 1.54) is 0 Å². The second-order valence-electron chi connectivity index (χ2n) is 7.84. The number of piperidine rings is 1. The zero-order valence-electron chi connectivity index (χ0n) is 16.8. The van der Waals surface area contributed by atoms with Crippen LogP contribution in [0.4, 0.5) is 0 Å². The number of piperazine rings is 1. The maximum absolute atomic E-state index is 12.8. The van der Waals surface area contributed by atoms with Gasteiger partial charge in [-0.05, 0) is 53.4 Å². The Balaban J connectivity index is 1.32. The number of hydrogen-bond donors (Lipinski definition) is 0. The predicted molar refractivity (Wildman–Crippen MR) is 114 cm³/mol. The van der Waals surface area contributed by atoms with Gasteiger partial charge in [-0.1, -0.05) is 29.8 Å². The van der Waals surface area contributed by atoms with E-state index in [0.717, 1.165) is 11.1 Å². The summed E-state index contributed by atoms with van der Waals surface area (Å²) in [5, 5.41) is 0. The number of benzene rings is 1. The van der Waals surface area contributed by atoms with Gasteiger partial charge in [0.1, 0.15) is 0 Å². The molecule has 3 amide bonds. The van der Waals surface area contributed by atoms with E-state index in [1.54, 1.807) is 26.8 Å². The van der Waals surface area contributed by atoms with Crippen molar-refractivity contribution in [1.82, 2.24) is 14.7 Å². The molecule has 0 atom stereocenters. The van der Waals surface area contributed by atoms with Gasteiger partial charge in [0.15, 0.2) is 10.4 Å². The molecule has 1 aromatic heterocycles. The molecule has 0 saturated carbocycles. The maximum atomic E-state index is 12.8. The molecule has 0 bridgehead atoms. The molecule has 1 aromatic carbocycles. The van der Waals surface area contributed by atoms with Crippen molar-refractivity contribution in [2.45, 2.75) is 32.4 Å². The molecule has 0 N–H and O–H groups in total. The number of amides is 3. The Bertz CT molecular complexity index is 948. The Labute approximate surface area is 183 Å². The molecule has 2 saturated heterocycles. The second kappa shape index (κ2) is 8.63. The van der Waals surface area contributed by atoms with Crippen LogP contribution >= 0.6 is 15.9 Å². The Kier molecular flexibility index (Phi) is 5.94. The molecule has 0 aliphatic carbocycles. The van der Waals surface area contributed by atoms with Gasteiger partial charge in [0.2, 0.25) is 0 Å². The van der Waals surface area contributed by atoms with Gasteiger partial charge in [-0.2, -0.15) is 0 Å². The van der Waals surface area contributed by atoms with Crippen LogP contribution in [0.25, 0.3) is 0 Å². The fourth-order valence-corrected chi connectivity index (χ4v) is 4.38. The first-order valence-electron chi connectivity index (χ1n) is 10.1. The van der Waals surface area contributed by atoms with E-state index in [0.29, 0.717) is 56.0 Å². The monoisotopic (exact) mass is 473 g/mol. The third-order valence-corrected chi connectivity index (χ3v) is 6.24. The largest absolute Gasteiger partial charge is 0.444 e. The number of hydrogen-bond acceptors (Lipinski definition) is 4. The fraction of sp³-hybridized carbons (Fsp3) is 0.409. The van der Waals surface area contributed by atoms with Gasteiger partial charge >= 0.3 is 11.8 Å².